The topological polar surface area (TPSA) is 96.8 Å². The van der Waals surface area contributed by atoms with E-state index in [4.69, 9.17) is 22.3 Å². The average molecular weight is 612 g/mol. The molecule has 2 saturated heterocycles. The molecule has 3 atom stereocenters. The van der Waals surface area contributed by atoms with Crippen LogP contribution < -0.4 is 5.73 Å². The summed E-state index contributed by atoms with van der Waals surface area (Å²) in [6.45, 7) is 4.37. The Hall–Kier alpha value is -3.63. The van der Waals surface area contributed by atoms with Crippen LogP contribution in [0.1, 0.15) is 74.9 Å². The van der Waals surface area contributed by atoms with E-state index in [0.717, 1.165) is 33.1 Å². The number of carbonyl (C=O) groups is 1. The number of nitrogens with two attached hydrogens (primary N) is 1. The van der Waals surface area contributed by atoms with Crippen molar-refractivity contribution in [2.45, 2.75) is 75.6 Å². The number of anilines is 1. The lowest BCUT2D eigenvalue weighted by Crippen LogP contribution is -2.41. The molecule has 0 bridgehead atoms. The highest BCUT2D eigenvalue weighted by Crippen LogP contribution is 2.43. The summed E-state index contributed by atoms with van der Waals surface area (Å²) in [7, 11) is 0. The van der Waals surface area contributed by atoms with Gasteiger partial charge in [0.05, 0.1) is 11.6 Å². The van der Waals surface area contributed by atoms with E-state index in [1.165, 1.54) is 24.4 Å². The van der Waals surface area contributed by atoms with Crippen LogP contribution in [-0.2, 0) is 15.8 Å². The number of halogens is 4. The van der Waals surface area contributed by atoms with Crippen molar-refractivity contribution in [2.75, 3.05) is 12.3 Å². The van der Waals surface area contributed by atoms with Crippen LogP contribution in [-0.4, -0.2) is 49.0 Å². The number of nitrogen functional groups attached to an aromatic ring is 1. The van der Waals surface area contributed by atoms with Crippen LogP contribution in [0.15, 0.2) is 54.7 Å². The molecular weight excluding hydrogens is 579 g/mol. The predicted molar refractivity (Wildman–Crippen MR) is 159 cm³/mol. The Morgan fingerprint density at radius 1 is 1.00 bits per heavy atom. The predicted octanol–water partition coefficient (Wildman–Crippen LogP) is 6.60. The monoisotopic (exact) mass is 611 g/mol. The molecule has 2 aliphatic heterocycles. The van der Waals surface area contributed by atoms with Gasteiger partial charge in [-0.1, -0.05) is 60.1 Å². The van der Waals surface area contributed by atoms with Gasteiger partial charge in [0, 0.05) is 30.5 Å². The van der Waals surface area contributed by atoms with Gasteiger partial charge in [-0.3, -0.25) is 9.20 Å². The van der Waals surface area contributed by atoms with E-state index in [-0.39, 0.29) is 29.2 Å². The average Bonchev–Trinajstić information content (AvgIpc) is 3.56. The van der Waals surface area contributed by atoms with E-state index in [2.05, 4.69) is 4.98 Å². The molecule has 7 nitrogen and oxygen atoms in total. The highest BCUT2D eigenvalue weighted by atomic mass is 35.5. The molecule has 0 radical (unpaired) electrons. The zero-order valence-corrected chi connectivity index (χ0v) is 24.9. The van der Waals surface area contributed by atoms with Gasteiger partial charge >= 0.3 is 6.18 Å². The fourth-order valence-corrected chi connectivity index (χ4v) is 6.60. The van der Waals surface area contributed by atoms with Gasteiger partial charge in [-0.2, -0.15) is 13.2 Å². The van der Waals surface area contributed by atoms with Crippen LogP contribution in [0.2, 0.25) is 5.15 Å². The fraction of sp³-hybridized carbons (Fsp3) is 0.406. The molecule has 2 aromatic heterocycles. The van der Waals surface area contributed by atoms with Crippen LogP contribution in [0.3, 0.4) is 0 Å². The lowest BCUT2D eigenvalue weighted by atomic mass is 9.80. The number of aliphatic hydroxyl groups is 1. The molecule has 226 valence electrons. The Morgan fingerprint density at radius 3 is 2.40 bits per heavy atom. The van der Waals surface area contributed by atoms with Crippen molar-refractivity contribution < 1.29 is 23.1 Å². The van der Waals surface area contributed by atoms with E-state index < -0.39 is 17.2 Å². The van der Waals surface area contributed by atoms with Gasteiger partial charge in [0.15, 0.2) is 0 Å². The van der Waals surface area contributed by atoms with Gasteiger partial charge in [0.2, 0.25) is 5.91 Å². The molecule has 0 saturated carbocycles. The number of aromatic nitrogens is 3. The minimum Gasteiger partial charge on any atom is -0.382 e. The molecule has 11 heteroatoms. The second-order valence-electron chi connectivity index (χ2n) is 12.3. The smallest absolute Gasteiger partial charge is 0.382 e. The first-order valence-corrected chi connectivity index (χ1v) is 14.7. The van der Waals surface area contributed by atoms with Crippen LogP contribution in [0.25, 0.3) is 16.8 Å². The summed E-state index contributed by atoms with van der Waals surface area (Å²) in [4.78, 5) is 23.7. The molecule has 2 aromatic carbocycles. The molecule has 4 heterocycles. The summed E-state index contributed by atoms with van der Waals surface area (Å²) in [5, 5.41) is 11.9. The fourth-order valence-electron chi connectivity index (χ4n) is 6.38. The van der Waals surface area contributed by atoms with Crippen LogP contribution in [0.4, 0.5) is 19.0 Å². The first-order valence-electron chi connectivity index (χ1n) is 14.3. The Labute approximate surface area is 252 Å². The first-order chi connectivity index (χ1) is 20.2. The van der Waals surface area contributed by atoms with Crippen molar-refractivity contribution in [1.29, 1.82) is 0 Å². The molecule has 1 amide bonds. The summed E-state index contributed by atoms with van der Waals surface area (Å²) in [5.41, 5.74) is 5.44. The van der Waals surface area contributed by atoms with Crippen LogP contribution in [0, 0.1) is 0 Å². The Kier molecular flexibility index (Phi) is 7.01. The summed E-state index contributed by atoms with van der Waals surface area (Å²) in [6, 6.07) is 13.3. The van der Waals surface area contributed by atoms with E-state index in [0.29, 0.717) is 51.8 Å². The van der Waals surface area contributed by atoms with Gasteiger partial charge in [-0.15, -0.1) is 0 Å². The Bertz CT molecular complexity index is 1710. The molecule has 0 spiro atoms. The van der Waals surface area contributed by atoms with Crippen LogP contribution >= 0.6 is 11.6 Å². The van der Waals surface area contributed by atoms with Crippen molar-refractivity contribution in [2.24, 2.45) is 0 Å². The summed E-state index contributed by atoms with van der Waals surface area (Å²) in [6.07, 6.45) is 0.246. The third-order valence-electron chi connectivity index (χ3n) is 9.33. The molecule has 1 unspecified atom stereocenters. The number of alkyl halides is 3. The van der Waals surface area contributed by atoms with E-state index in [9.17, 15) is 23.1 Å². The molecular formula is C32H33ClF3N5O2. The second-order valence-corrected chi connectivity index (χ2v) is 12.7. The van der Waals surface area contributed by atoms with Gasteiger partial charge in [-0.25, -0.2) is 9.97 Å². The SMILES string of the molecule is CC(O)(c1ccc(-c2nc([C@@H]3CC[C@H]4CCC(=O)N4C3)n3c(Cl)cnc(N)c23)cc1)c1cccc(C(C)(C)C(F)(F)F)c1. The lowest BCUT2D eigenvalue weighted by Gasteiger charge is -2.34. The van der Waals surface area contributed by atoms with Gasteiger partial charge in [0.25, 0.3) is 0 Å². The minimum atomic E-state index is -4.45. The first kappa shape index (κ1) is 29.4. The molecule has 43 heavy (non-hydrogen) atoms. The summed E-state index contributed by atoms with van der Waals surface area (Å²) >= 11 is 6.64. The zero-order valence-electron chi connectivity index (χ0n) is 24.1. The van der Waals surface area contributed by atoms with Crippen molar-refractivity contribution in [3.63, 3.8) is 0 Å². The highest BCUT2D eigenvalue weighted by molar-refractivity contribution is 6.30. The van der Waals surface area contributed by atoms with Crippen molar-refractivity contribution in [3.8, 4) is 11.3 Å². The number of piperidine rings is 1. The number of nitrogens with zero attached hydrogens (tertiary/aromatic N) is 4. The number of hydrogen-bond acceptors (Lipinski definition) is 5. The maximum absolute atomic E-state index is 13.7. The minimum absolute atomic E-state index is 0.0351. The normalized spacial score (nSPS) is 20.8. The number of benzene rings is 2. The molecule has 2 fully saturated rings. The van der Waals surface area contributed by atoms with Crippen molar-refractivity contribution in [1.82, 2.24) is 19.3 Å². The van der Waals surface area contributed by atoms with E-state index in [1.807, 2.05) is 9.30 Å². The second kappa shape index (κ2) is 10.2. The van der Waals surface area contributed by atoms with Crippen LogP contribution in [0.5, 0.6) is 0 Å². The summed E-state index contributed by atoms with van der Waals surface area (Å²) < 4.78 is 43.0. The standard InChI is InChI=1S/C32H33ClF3N5O2/c1-30(2,32(34,35)36)21-5-4-6-22(15-21)31(3,43)20-10-7-18(8-11-20)26-27-28(37)38-16-24(33)41(27)29(39-26)19-9-12-23-13-14-25(42)40(23)17-19/h4-8,10-11,15-16,19,23,43H,9,12-14,17H2,1-3H3,(H2,37,38)/t19-,23+,31?/m1/s1. The molecule has 3 N–H and O–H groups in total. The third kappa shape index (κ3) is 4.84. The molecule has 4 aromatic rings. The number of carbonyl (C=O) groups excluding carboxylic acids is 1. The number of imidazole rings is 1. The summed E-state index contributed by atoms with van der Waals surface area (Å²) in [5.74, 6) is 1.09. The van der Waals surface area contributed by atoms with Crippen molar-refractivity contribution in [3.05, 3.63) is 82.4 Å². The van der Waals surface area contributed by atoms with Gasteiger partial charge < -0.3 is 15.7 Å². The zero-order chi connectivity index (χ0) is 30.9. The van der Waals surface area contributed by atoms with E-state index >= 15 is 0 Å². The highest BCUT2D eigenvalue weighted by Gasteiger charge is 2.48. The Morgan fingerprint density at radius 2 is 1.70 bits per heavy atom. The molecule has 2 aliphatic rings. The molecule has 6 rings (SSSR count). The van der Waals surface area contributed by atoms with Gasteiger partial charge in [-0.05, 0) is 56.7 Å². The molecule has 0 aliphatic carbocycles. The lowest BCUT2D eigenvalue weighted by molar-refractivity contribution is -0.180. The number of fused-ring (bicyclic) bond motifs is 2. The maximum atomic E-state index is 13.7. The number of hydrogen-bond donors (Lipinski definition) is 2. The number of amides is 1. The largest absolute Gasteiger partial charge is 0.397 e. The Balaban J connectivity index is 1.37. The van der Waals surface area contributed by atoms with Gasteiger partial charge in [0.1, 0.15) is 33.6 Å². The third-order valence-corrected chi connectivity index (χ3v) is 9.60. The number of rotatable bonds is 5. The van der Waals surface area contributed by atoms with Crippen molar-refractivity contribution >= 4 is 28.8 Å². The quantitative estimate of drug-likeness (QED) is 0.265. The van der Waals surface area contributed by atoms with E-state index in [1.54, 1.807) is 37.3 Å². The maximum Gasteiger partial charge on any atom is 0.397 e.